The highest BCUT2D eigenvalue weighted by Crippen LogP contribution is 2.16. The van der Waals surface area contributed by atoms with Gasteiger partial charge in [-0.05, 0) is 38.5 Å². The first kappa shape index (κ1) is 21.7. The van der Waals surface area contributed by atoms with Crippen molar-refractivity contribution in [1.29, 1.82) is 0 Å². The summed E-state index contributed by atoms with van der Waals surface area (Å²) in [6.07, 6.45) is 0.379. The molecule has 0 saturated carbocycles. The Morgan fingerprint density at radius 2 is 1.96 bits per heavy atom. The topological polar surface area (TPSA) is 66.0 Å². The molecule has 146 valence electrons. The standard InChI is InChI=1S/C18H28F2N4O2/c1-4-21-18(22-11-10-16(25)24(5-2)6-3)23-13-14-8-7-9-15(12-14)26-17(19)20/h7-9,12,17H,4-6,10-11,13H2,1-3H3,(H2,21,22,23). The molecule has 6 nitrogen and oxygen atoms in total. The van der Waals surface area contributed by atoms with E-state index in [1.807, 2.05) is 20.8 Å². The number of carbonyl (C=O) groups excluding carboxylic acids is 1. The van der Waals surface area contributed by atoms with Crippen LogP contribution in [0.1, 0.15) is 32.8 Å². The maximum Gasteiger partial charge on any atom is 0.387 e. The van der Waals surface area contributed by atoms with Crippen molar-refractivity contribution < 1.29 is 18.3 Å². The fourth-order valence-corrected chi connectivity index (χ4v) is 2.35. The summed E-state index contributed by atoms with van der Waals surface area (Å²) in [5.41, 5.74) is 0.750. The molecule has 0 spiro atoms. The van der Waals surface area contributed by atoms with Gasteiger partial charge in [0.25, 0.3) is 0 Å². The van der Waals surface area contributed by atoms with Crippen LogP contribution in [-0.4, -0.2) is 49.6 Å². The molecule has 1 rings (SSSR count). The first-order chi connectivity index (χ1) is 12.5. The lowest BCUT2D eigenvalue weighted by molar-refractivity contribution is -0.130. The highest BCUT2D eigenvalue weighted by molar-refractivity contribution is 5.81. The van der Waals surface area contributed by atoms with E-state index in [2.05, 4.69) is 20.4 Å². The molecule has 0 aliphatic carbocycles. The van der Waals surface area contributed by atoms with Crippen molar-refractivity contribution in [2.24, 2.45) is 4.99 Å². The molecule has 0 aliphatic heterocycles. The molecule has 0 heterocycles. The number of nitrogens with one attached hydrogen (secondary N) is 2. The Morgan fingerprint density at radius 3 is 2.58 bits per heavy atom. The molecular formula is C18H28F2N4O2. The molecule has 0 aliphatic rings. The molecule has 1 aromatic carbocycles. The van der Waals surface area contributed by atoms with Crippen molar-refractivity contribution in [1.82, 2.24) is 15.5 Å². The van der Waals surface area contributed by atoms with Crippen molar-refractivity contribution in [2.45, 2.75) is 40.3 Å². The monoisotopic (exact) mass is 370 g/mol. The molecule has 0 radical (unpaired) electrons. The summed E-state index contributed by atoms with van der Waals surface area (Å²) in [6.45, 7) is 5.82. The van der Waals surface area contributed by atoms with Gasteiger partial charge in [-0.1, -0.05) is 12.1 Å². The van der Waals surface area contributed by atoms with Gasteiger partial charge in [0.1, 0.15) is 5.75 Å². The van der Waals surface area contributed by atoms with E-state index in [1.54, 1.807) is 17.0 Å². The molecular weight excluding hydrogens is 342 g/mol. The Bertz CT molecular complexity index is 578. The number of halogens is 2. The van der Waals surface area contributed by atoms with Gasteiger partial charge in [0, 0.05) is 32.6 Å². The number of hydrogen-bond donors (Lipinski definition) is 2. The molecule has 0 saturated heterocycles. The second-order valence-electron chi connectivity index (χ2n) is 5.46. The molecule has 0 fully saturated rings. The average molecular weight is 370 g/mol. The minimum absolute atomic E-state index is 0.0928. The van der Waals surface area contributed by atoms with Gasteiger partial charge in [-0.3, -0.25) is 4.79 Å². The highest BCUT2D eigenvalue weighted by atomic mass is 19.3. The van der Waals surface area contributed by atoms with E-state index in [9.17, 15) is 13.6 Å². The molecule has 0 aromatic heterocycles. The summed E-state index contributed by atoms with van der Waals surface area (Å²) in [7, 11) is 0. The number of rotatable bonds is 10. The fraction of sp³-hybridized carbons (Fsp3) is 0.556. The Labute approximate surface area is 153 Å². The first-order valence-corrected chi connectivity index (χ1v) is 8.83. The van der Waals surface area contributed by atoms with Crippen LogP contribution in [0.5, 0.6) is 5.75 Å². The number of hydrogen-bond acceptors (Lipinski definition) is 3. The molecule has 26 heavy (non-hydrogen) atoms. The van der Waals surface area contributed by atoms with Gasteiger partial charge < -0.3 is 20.3 Å². The van der Waals surface area contributed by atoms with Crippen LogP contribution in [0.2, 0.25) is 0 Å². The normalized spacial score (nSPS) is 11.4. The maximum absolute atomic E-state index is 12.3. The smallest absolute Gasteiger partial charge is 0.387 e. The molecule has 0 bridgehead atoms. The maximum atomic E-state index is 12.3. The quantitative estimate of drug-likeness (QED) is 0.491. The average Bonchev–Trinajstić information content (AvgIpc) is 2.60. The summed E-state index contributed by atoms with van der Waals surface area (Å²) in [5.74, 6) is 0.769. The lowest BCUT2D eigenvalue weighted by Gasteiger charge is -2.19. The predicted molar refractivity (Wildman–Crippen MR) is 98.4 cm³/mol. The molecule has 0 atom stereocenters. The highest BCUT2D eigenvalue weighted by Gasteiger charge is 2.09. The summed E-state index contributed by atoms with van der Waals surface area (Å²) < 4.78 is 28.9. The van der Waals surface area contributed by atoms with Crippen LogP contribution in [0, 0.1) is 0 Å². The number of alkyl halides is 2. The second-order valence-corrected chi connectivity index (χ2v) is 5.46. The van der Waals surface area contributed by atoms with Gasteiger partial charge >= 0.3 is 6.61 Å². The molecule has 1 amide bonds. The van der Waals surface area contributed by atoms with Gasteiger partial charge in [0.15, 0.2) is 5.96 Å². The van der Waals surface area contributed by atoms with E-state index in [4.69, 9.17) is 0 Å². The molecule has 8 heteroatoms. The number of benzene rings is 1. The van der Waals surface area contributed by atoms with E-state index in [-0.39, 0.29) is 11.7 Å². The van der Waals surface area contributed by atoms with Gasteiger partial charge in [0.2, 0.25) is 5.91 Å². The van der Waals surface area contributed by atoms with E-state index in [1.165, 1.54) is 12.1 Å². The Kier molecular flexibility index (Phi) is 10.0. The van der Waals surface area contributed by atoms with Crippen molar-refractivity contribution in [3.05, 3.63) is 29.8 Å². The Balaban J connectivity index is 2.59. The fourth-order valence-electron chi connectivity index (χ4n) is 2.35. The lowest BCUT2D eigenvalue weighted by Crippen LogP contribution is -2.40. The van der Waals surface area contributed by atoms with E-state index >= 15 is 0 Å². The minimum atomic E-state index is -2.85. The number of guanidine groups is 1. The van der Waals surface area contributed by atoms with Crippen molar-refractivity contribution in [3.63, 3.8) is 0 Å². The summed E-state index contributed by atoms with van der Waals surface area (Å²) in [5, 5.41) is 6.21. The van der Waals surface area contributed by atoms with Crippen LogP contribution in [-0.2, 0) is 11.3 Å². The molecule has 2 N–H and O–H groups in total. The van der Waals surface area contributed by atoms with Crippen molar-refractivity contribution in [3.8, 4) is 5.75 Å². The Hall–Kier alpha value is -2.38. The van der Waals surface area contributed by atoms with Crippen LogP contribution in [0.4, 0.5) is 8.78 Å². The van der Waals surface area contributed by atoms with Crippen molar-refractivity contribution >= 4 is 11.9 Å². The molecule has 0 unspecified atom stereocenters. The zero-order valence-corrected chi connectivity index (χ0v) is 15.6. The van der Waals surface area contributed by atoms with E-state index in [0.29, 0.717) is 45.1 Å². The van der Waals surface area contributed by atoms with Gasteiger partial charge in [-0.15, -0.1) is 0 Å². The number of nitrogens with zero attached hydrogens (tertiary/aromatic N) is 2. The van der Waals surface area contributed by atoms with Crippen LogP contribution >= 0.6 is 0 Å². The number of amides is 1. The summed E-state index contributed by atoms with van der Waals surface area (Å²) >= 11 is 0. The first-order valence-electron chi connectivity index (χ1n) is 8.83. The largest absolute Gasteiger partial charge is 0.435 e. The zero-order chi connectivity index (χ0) is 19.4. The van der Waals surface area contributed by atoms with Gasteiger partial charge in [0.05, 0.1) is 6.54 Å². The van der Waals surface area contributed by atoms with Crippen LogP contribution in [0.25, 0.3) is 0 Å². The predicted octanol–water partition coefficient (Wildman–Crippen LogP) is 2.60. The SMILES string of the molecule is CCNC(=NCc1cccc(OC(F)F)c1)NCCC(=O)N(CC)CC. The van der Waals surface area contributed by atoms with Gasteiger partial charge in [-0.2, -0.15) is 8.78 Å². The zero-order valence-electron chi connectivity index (χ0n) is 15.6. The third-order valence-corrected chi connectivity index (χ3v) is 3.64. The van der Waals surface area contributed by atoms with E-state index in [0.717, 1.165) is 5.56 Å². The van der Waals surface area contributed by atoms with E-state index < -0.39 is 6.61 Å². The third-order valence-electron chi connectivity index (χ3n) is 3.64. The molecule has 1 aromatic rings. The lowest BCUT2D eigenvalue weighted by atomic mass is 10.2. The van der Waals surface area contributed by atoms with Crippen LogP contribution in [0.15, 0.2) is 29.3 Å². The van der Waals surface area contributed by atoms with Gasteiger partial charge in [-0.25, -0.2) is 4.99 Å². The number of carbonyl (C=O) groups is 1. The number of ether oxygens (including phenoxy) is 1. The Morgan fingerprint density at radius 1 is 1.23 bits per heavy atom. The third kappa shape index (κ3) is 8.13. The minimum Gasteiger partial charge on any atom is -0.435 e. The number of aliphatic imine (C=N–C) groups is 1. The second kappa shape index (κ2) is 12.1. The van der Waals surface area contributed by atoms with Crippen molar-refractivity contribution in [2.75, 3.05) is 26.2 Å². The van der Waals surface area contributed by atoms with Crippen LogP contribution in [0.3, 0.4) is 0 Å². The summed E-state index contributed by atoms with van der Waals surface area (Å²) in [6, 6.07) is 6.44. The van der Waals surface area contributed by atoms with Crippen LogP contribution < -0.4 is 15.4 Å². The summed E-state index contributed by atoms with van der Waals surface area (Å²) in [4.78, 5) is 18.2.